The fraction of sp³-hybridized carbons (Fsp3) is 1.00. The highest BCUT2D eigenvalue weighted by molar-refractivity contribution is 7.85. The lowest BCUT2D eigenvalue weighted by Crippen LogP contribution is -2.39. The van der Waals surface area contributed by atoms with Crippen molar-refractivity contribution in [2.75, 3.05) is 18.1 Å². The van der Waals surface area contributed by atoms with Crippen molar-refractivity contribution in [1.82, 2.24) is 5.32 Å². The lowest BCUT2D eigenvalue weighted by molar-refractivity contribution is 0.392. The molecule has 1 fully saturated rings. The van der Waals surface area contributed by atoms with Crippen molar-refractivity contribution in [2.45, 2.75) is 52.0 Å². The molecule has 15 heavy (non-hydrogen) atoms. The first-order valence-corrected chi connectivity index (χ1v) is 7.85. The summed E-state index contributed by atoms with van der Waals surface area (Å²) >= 11 is 0. The van der Waals surface area contributed by atoms with Crippen LogP contribution in [0, 0.1) is 5.92 Å². The van der Waals surface area contributed by atoms with E-state index in [0.29, 0.717) is 6.04 Å². The monoisotopic (exact) mass is 231 g/mol. The lowest BCUT2D eigenvalue weighted by atomic mass is 10.00. The third-order valence-corrected chi connectivity index (χ3v) is 4.83. The second-order valence-electron chi connectivity index (χ2n) is 4.52. The molecule has 1 aliphatic carbocycles. The van der Waals surface area contributed by atoms with Crippen LogP contribution in [0.2, 0.25) is 0 Å². The molecule has 1 saturated carbocycles. The Kier molecular flexibility index (Phi) is 6.50. The van der Waals surface area contributed by atoms with Crippen molar-refractivity contribution in [1.29, 1.82) is 0 Å². The average Bonchev–Trinajstić information content (AvgIpc) is 2.70. The van der Waals surface area contributed by atoms with Crippen molar-refractivity contribution in [3.63, 3.8) is 0 Å². The fourth-order valence-corrected chi connectivity index (χ4v) is 3.91. The minimum Gasteiger partial charge on any atom is -0.313 e. The second-order valence-corrected chi connectivity index (χ2v) is 6.14. The minimum absolute atomic E-state index is 0.505. The zero-order valence-corrected chi connectivity index (χ0v) is 10.9. The quantitative estimate of drug-likeness (QED) is 0.728. The molecule has 90 valence electrons. The van der Waals surface area contributed by atoms with Gasteiger partial charge >= 0.3 is 0 Å². The molecule has 2 unspecified atom stereocenters. The summed E-state index contributed by atoms with van der Waals surface area (Å²) in [4.78, 5) is 0. The topological polar surface area (TPSA) is 29.1 Å². The Morgan fingerprint density at radius 2 is 2.00 bits per heavy atom. The molecule has 1 aliphatic rings. The molecule has 0 aliphatic heterocycles. The van der Waals surface area contributed by atoms with Crippen LogP contribution >= 0.6 is 0 Å². The summed E-state index contributed by atoms with van der Waals surface area (Å²) in [5, 5.41) is 3.52. The Balaban J connectivity index is 2.38. The van der Waals surface area contributed by atoms with Crippen LogP contribution in [-0.4, -0.2) is 28.3 Å². The van der Waals surface area contributed by atoms with E-state index in [2.05, 4.69) is 19.2 Å². The van der Waals surface area contributed by atoms with Gasteiger partial charge in [0.2, 0.25) is 0 Å². The van der Waals surface area contributed by atoms with Crippen LogP contribution in [0.25, 0.3) is 0 Å². The lowest BCUT2D eigenvalue weighted by Gasteiger charge is -2.23. The van der Waals surface area contributed by atoms with E-state index in [-0.39, 0.29) is 0 Å². The SMILES string of the molecule is CCCS(=O)CC(NCC)C1CCCC1. The van der Waals surface area contributed by atoms with E-state index in [1.165, 1.54) is 25.7 Å². The molecule has 0 spiro atoms. The number of hydrogen-bond donors (Lipinski definition) is 1. The highest BCUT2D eigenvalue weighted by atomic mass is 32.2. The van der Waals surface area contributed by atoms with Gasteiger partial charge in [-0.05, 0) is 31.7 Å². The third-order valence-electron chi connectivity index (χ3n) is 3.23. The van der Waals surface area contributed by atoms with Gasteiger partial charge in [0.05, 0.1) is 0 Å². The molecule has 1 rings (SSSR count). The molecule has 1 N–H and O–H groups in total. The maximum Gasteiger partial charge on any atom is 0.0391 e. The first-order valence-electron chi connectivity index (χ1n) is 6.36. The van der Waals surface area contributed by atoms with E-state index in [1.54, 1.807) is 0 Å². The van der Waals surface area contributed by atoms with Gasteiger partial charge in [-0.3, -0.25) is 4.21 Å². The molecule has 0 amide bonds. The summed E-state index contributed by atoms with van der Waals surface area (Å²) < 4.78 is 11.8. The van der Waals surface area contributed by atoms with Gasteiger partial charge in [0.1, 0.15) is 0 Å². The molecule has 0 aromatic rings. The van der Waals surface area contributed by atoms with E-state index >= 15 is 0 Å². The Morgan fingerprint density at radius 1 is 1.33 bits per heavy atom. The van der Waals surface area contributed by atoms with E-state index in [0.717, 1.165) is 30.4 Å². The molecule has 0 saturated heterocycles. The largest absolute Gasteiger partial charge is 0.313 e. The standard InChI is InChI=1S/C12H25NOS/c1-3-9-15(14)10-12(13-4-2)11-7-5-6-8-11/h11-13H,3-10H2,1-2H3. The van der Waals surface area contributed by atoms with Gasteiger partial charge < -0.3 is 5.32 Å². The van der Waals surface area contributed by atoms with Crippen LogP contribution in [0.1, 0.15) is 46.0 Å². The smallest absolute Gasteiger partial charge is 0.0391 e. The number of rotatable bonds is 7. The highest BCUT2D eigenvalue weighted by Gasteiger charge is 2.25. The van der Waals surface area contributed by atoms with Crippen molar-refractivity contribution < 1.29 is 4.21 Å². The van der Waals surface area contributed by atoms with Gasteiger partial charge in [-0.25, -0.2) is 0 Å². The third kappa shape index (κ3) is 4.64. The number of nitrogens with one attached hydrogen (secondary N) is 1. The van der Waals surface area contributed by atoms with Crippen molar-refractivity contribution in [2.24, 2.45) is 5.92 Å². The van der Waals surface area contributed by atoms with Gasteiger partial charge in [0.15, 0.2) is 0 Å². The van der Waals surface area contributed by atoms with E-state index in [4.69, 9.17) is 0 Å². The van der Waals surface area contributed by atoms with Crippen LogP contribution in [0.5, 0.6) is 0 Å². The van der Waals surface area contributed by atoms with E-state index in [1.807, 2.05) is 0 Å². The van der Waals surface area contributed by atoms with E-state index < -0.39 is 10.8 Å². The molecule has 0 heterocycles. The summed E-state index contributed by atoms with van der Waals surface area (Å²) in [5.41, 5.74) is 0. The molecule has 2 nitrogen and oxygen atoms in total. The summed E-state index contributed by atoms with van der Waals surface area (Å²) in [6.45, 7) is 5.25. The summed E-state index contributed by atoms with van der Waals surface area (Å²) in [7, 11) is -0.610. The fourth-order valence-electron chi connectivity index (χ4n) is 2.49. The zero-order chi connectivity index (χ0) is 11.1. The average molecular weight is 231 g/mol. The predicted octanol–water partition coefficient (Wildman–Crippen LogP) is 2.31. The summed E-state index contributed by atoms with van der Waals surface area (Å²) in [6.07, 6.45) is 6.44. The summed E-state index contributed by atoms with van der Waals surface area (Å²) in [6, 6.07) is 0.505. The van der Waals surface area contributed by atoms with Crippen LogP contribution in [0.3, 0.4) is 0 Å². The predicted molar refractivity (Wildman–Crippen MR) is 67.6 cm³/mol. The maximum atomic E-state index is 11.8. The Morgan fingerprint density at radius 3 is 2.53 bits per heavy atom. The van der Waals surface area contributed by atoms with Crippen LogP contribution in [0.4, 0.5) is 0 Å². The Bertz CT molecular complexity index is 190. The maximum absolute atomic E-state index is 11.8. The van der Waals surface area contributed by atoms with Crippen LogP contribution in [0.15, 0.2) is 0 Å². The summed E-state index contributed by atoms with van der Waals surface area (Å²) in [5.74, 6) is 2.52. The zero-order valence-electron chi connectivity index (χ0n) is 10.1. The second kappa shape index (κ2) is 7.39. The highest BCUT2D eigenvalue weighted by Crippen LogP contribution is 2.28. The first kappa shape index (κ1) is 13.2. The Labute approximate surface area is 96.7 Å². The molecule has 0 radical (unpaired) electrons. The van der Waals surface area contributed by atoms with Gasteiger partial charge in [0, 0.05) is 28.3 Å². The van der Waals surface area contributed by atoms with Gasteiger partial charge in [-0.2, -0.15) is 0 Å². The molecule has 0 bridgehead atoms. The minimum atomic E-state index is -0.610. The van der Waals surface area contributed by atoms with Crippen molar-refractivity contribution >= 4 is 10.8 Å². The van der Waals surface area contributed by atoms with Crippen molar-refractivity contribution in [3.05, 3.63) is 0 Å². The molecule has 0 aromatic carbocycles. The number of hydrogen-bond acceptors (Lipinski definition) is 2. The van der Waals surface area contributed by atoms with Crippen LogP contribution < -0.4 is 5.32 Å². The van der Waals surface area contributed by atoms with Gasteiger partial charge in [-0.15, -0.1) is 0 Å². The first-order chi connectivity index (χ1) is 7.27. The van der Waals surface area contributed by atoms with Gasteiger partial charge in [0.25, 0.3) is 0 Å². The molecule has 0 aromatic heterocycles. The van der Waals surface area contributed by atoms with Crippen LogP contribution in [-0.2, 0) is 10.8 Å². The van der Waals surface area contributed by atoms with Crippen molar-refractivity contribution in [3.8, 4) is 0 Å². The molecular formula is C12H25NOS. The Hall–Kier alpha value is 0.110. The van der Waals surface area contributed by atoms with Gasteiger partial charge in [-0.1, -0.05) is 26.7 Å². The normalized spacial score (nSPS) is 21.7. The molecular weight excluding hydrogens is 206 g/mol. The molecule has 3 heteroatoms. The van der Waals surface area contributed by atoms with E-state index in [9.17, 15) is 4.21 Å². The molecule has 2 atom stereocenters.